The minimum Gasteiger partial charge on any atom is -0.466 e. The number of para-hydroxylation sites is 1. The van der Waals surface area contributed by atoms with E-state index in [4.69, 9.17) is 9.73 Å². The van der Waals surface area contributed by atoms with Crippen LogP contribution in [0.2, 0.25) is 0 Å². The molecule has 1 aromatic rings. The summed E-state index contributed by atoms with van der Waals surface area (Å²) in [5.74, 6) is 2.15. The lowest BCUT2D eigenvalue weighted by molar-refractivity contribution is 0.0271. The molecule has 2 atom stereocenters. The highest BCUT2D eigenvalue weighted by atomic mass is 32.2. The minimum absolute atomic E-state index is 0.359. The van der Waals surface area contributed by atoms with Crippen LogP contribution in [0.1, 0.15) is 24.9 Å². The predicted molar refractivity (Wildman–Crippen MR) is 69.4 cm³/mol. The van der Waals surface area contributed by atoms with Gasteiger partial charge in [-0.2, -0.15) is 0 Å². The highest BCUT2D eigenvalue weighted by Gasteiger charge is 2.46. The molecule has 3 heterocycles. The maximum absolute atomic E-state index is 6.07. The van der Waals surface area contributed by atoms with Crippen LogP contribution in [0.4, 0.5) is 0 Å². The van der Waals surface area contributed by atoms with Crippen molar-refractivity contribution in [3.05, 3.63) is 29.8 Å². The molecular formula is C13H14N2OS. The predicted octanol–water partition coefficient (Wildman–Crippen LogP) is 2.64. The van der Waals surface area contributed by atoms with E-state index < -0.39 is 0 Å². The van der Waals surface area contributed by atoms with E-state index in [-0.39, 0.29) is 5.72 Å². The van der Waals surface area contributed by atoms with Crippen molar-refractivity contribution in [3.63, 3.8) is 0 Å². The highest BCUT2D eigenvalue weighted by Crippen LogP contribution is 2.48. The van der Waals surface area contributed by atoms with Crippen LogP contribution in [0.5, 0.6) is 5.75 Å². The number of amidine groups is 1. The van der Waals surface area contributed by atoms with Crippen molar-refractivity contribution >= 4 is 16.9 Å². The van der Waals surface area contributed by atoms with Crippen LogP contribution in [0, 0.1) is 0 Å². The topological polar surface area (TPSA) is 24.8 Å². The Morgan fingerprint density at radius 3 is 3.29 bits per heavy atom. The van der Waals surface area contributed by atoms with Crippen LogP contribution in [0.25, 0.3) is 0 Å². The van der Waals surface area contributed by atoms with E-state index in [1.807, 2.05) is 17.8 Å². The molecule has 2 bridgehead atoms. The molecule has 1 aromatic carbocycles. The zero-order valence-electron chi connectivity index (χ0n) is 9.72. The molecule has 2 unspecified atom stereocenters. The first-order chi connectivity index (χ1) is 8.25. The smallest absolute Gasteiger partial charge is 0.202 e. The quantitative estimate of drug-likeness (QED) is 0.703. The van der Waals surface area contributed by atoms with Crippen LogP contribution in [-0.4, -0.2) is 28.1 Å². The average Bonchev–Trinajstić information content (AvgIpc) is 2.75. The third-order valence-electron chi connectivity index (χ3n) is 3.70. The van der Waals surface area contributed by atoms with Crippen molar-refractivity contribution in [2.24, 2.45) is 4.99 Å². The number of aliphatic imine (C=N–C) groups is 1. The molecule has 0 aliphatic carbocycles. The number of thioether (sulfide) groups is 1. The molecule has 0 N–H and O–H groups in total. The van der Waals surface area contributed by atoms with Gasteiger partial charge in [0.15, 0.2) is 5.17 Å². The molecule has 0 amide bonds. The monoisotopic (exact) mass is 246 g/mol. The Bertz CT molecular complexity index is 516. The van der Waals surface area contributed by atoms with E-state index in [2.05, 4.69) is 30.0 Å². The molecule has 3 aliphatic rings. The molecular weight excluding hydrogens is 232 g/mol. The molecule has 3 aliphatic heterocycles. The molecule has 4 heteroatoms. The summed E-state index contributed by atoms with van der Waals surface area (Å²) in [7, 11) is 0. The fourth-order valence-electron chi connectivity index (χ4n) is 2.94. The van der Waals surface area contributed by atoms with E-state index in [1.165, 1.54) is 10.7 Å². The van der Waals surface area contributed by atoms with Gasteiger partial charge in [-0.3, -0.25) is 0 Å². The minimum atomic E-state index is -0.359. The number of benzene rings is 1. The standard InChI is InChI=1S/C13H14N2OS/c1-13-8-10(15-6-7-17-12(15)14-13)9-4-2-3-5-11(9)16-13/h2-5,10H,6-8H2,1H3. The summed E-state index contributed by atoms with van der Waals surface area (Å²) < 4.78 is 6.07. The van der Waals surface area contributed by atoms with Gasteiger partial charge >= 0.3 is 0 Å². The Kier molecular flexibility index (Phi) is 1.85. The van der Waals surface area contributed by atoms with Crippen molar-refractivity contribution in [1.29, 1.82) is 0 Å². The van der Waals surface area contributed by atoms with Gasteiger partial charge < -0.3 is 9.64 Å². The van der Waals surface area contributed by atoms with Gasteiger partial charge in [0.05, 0.1) is 6.04 Å². The number of fused-ring (bicyclic) bond motifs is 6. The number of hydrogen-bond acceptors (Lipinski definition) is 4. The number of nitrogens with zero attached hydrogens (tertiary/aromatic N) is 2. The van der Waals surface area contributed by atoms with E-state index in [1.54, 1.807) is 0 Å². The number of rotatable bonds is 0. The highest BCUT2D eigenvalue weighted by molar-refractivity contribution is 8.14. The number of hydrogen-bond donors (Lipinski definition) is 0. The number of ether oxygens (including phenoxy) is 1. The van der Waals surface area contributed by atoms with Gasteiger partial charge in [0.1, 0.15) is 5.75 Å². The maximum atomic E-state index is 6.07. The average molecular weight is 246 g/mol. The molecule has 4 rings (SSSR count). The van der Waals surface area contributed by atoms with Crippen LogP contribution >= 0.6 is 11.8 Å². The Morgan fingerprint density at radius 2 is 2.35 bits per heavy atom. The SMILES string of the molecule is CC12CC(c3ccccc3O1)N1CCSC1=N2. The summed E-state index contributed by atoms with van der Waals surface area (Å²) in [6, 6.07) is 8.83. The van der Waals surface area contributed by atoms with Crippen molar-refractivity contribution in [1.82, 2.24) is 4.90 Å². The van der Waals surface area contributed by atoms with Crippen molar-refractivity contribution in [2.45, 2.75) is 25.1 Å². The van der Waals surface area contributed by atoms with E-state index >= 15 is 0 Å². The maximum Gasteiger partial charge on any atom is 0.202 e. The third-order valence-corrected chi connectivity index (χ3v) is 4.67. The summed E-state index contributed by atoms with van der Waals surface area (Å²) in [5, 5.41) is 1.17. The molecule has 3 nitrogen and oxygen atoms in total. The largest absolute Gasteiger partial charge is 0.466 e. The summed E-state index contributed by atoms with van der Waals surface area (Å²) >= 11 is 1.85. The zero-order valence-corrected chi connectivity index (χ0v) is 10.5. The summed E-state index contributed by atoms with van der Waals surface area (Å²) in [6.45, 7) is 3.21. The molecule has 88 valence electrons. The lowest BCUT2D eigenvalue weighted by atomic mass is 9.91. The van der Waals surface area contributed by atoms with Gasteiger partial charge in [-0.05, 0) is 13.0 Å². The Morgan fingerprint density at radius 1 is 1.47 bits per heavy atom. The second kappa shape index (κ2) is 3.19. The molecule has 17 heavy (non-hydrogen) atoms. The second-order valence-corrected chi connectivity index (χ2v) is 6.03. The Labute approximate surface area is 105 Å². The summed E-state index contributed by atoms with van der Waals surface area (Å²) in [6.07, 6.45) is 0.966. The van der Waals surface area contributed by atoms with Crippen LogP contribution < -0.4 is 4.74 Å². The normalized spacial score (nSPS) is 33.6. The molecule has 0 radical (unpaired) electrons. The Balaban J connectivity index is 1.90. The first-order valence-electron chi connectivity index (χ1n) is 6.02. The molecule has 0 saturated carbocycles. The molecule has 1 saturated heterocycles. The van der Waals surface area contributed by atoms with Crippen LogP contribution in [0.15, 0.2) is 29.3 Å². The van der Waals surface area contributed by atoms with Gasteiger partial charge in [-0.25, -0.2) is 4.99 Å². The first-order valence-corrected chi connectivity index (χ1v) is 7.01. The molecule has 0 spiro atoms. The molecule has 1 fully saturated rings. The summed E-state index contributed by atoms with van der Waals surface area (Å²) in [4.78, 5) is 7.22. The lowest BCUT2D eigenvalue weighted by Crippen LogP contribution is -2.48. The lowest BCUT2D eigenvalue weighted by Gasteiger charge is -2.45. The van der Waals surface area contributed by atoms with Gasteiger partial charge in [0, 0.05) is 24.3 Å². The summed E-state index contributed by atoms with van der Waals surface area (Å²) in [5.41, 5.74) is 0.960. The first kappa shape index (κ1) is 9.83. The van der Waals surface area contributed by atoms with Crippen LogP contribution in [0.3, 0.4) is 0 Å². The fraction of sp³-hybridized carbons (Fsp3) is 0.462. The van der Waals surface area contributed by atoms with Crippen molar-refractivity contribution in [3.8, 4) is 5.75 Å². The fourth-order valence-corrected chi connectivity index (χ4v) is 4.06. The van der Waals surface area contributed by atoms with Gasteiger partial charge in [-0.1, -0.05) is 30.0 Å². The Hall–Kier alpha value is -1.16. The molecule has 0 aromatic heterocycles. The third kappa shape index (κ3) is 1.33. The van der Waals surface area contributed by atoms with Gasteiger partial charge in [-0.15, -0.1) is 0 Å². The van der Waals surface area contributed by atoms with E-state index in [9.17, 15) is 0 Å². The van der Waals surface area contributed by atoms with Gasteiger partial charge in [0.25, 0.3) is 0 Å². The second-order valence-electron chi connectivity index (χ2n) is 4.97. The van der Waals surface area contributed by atoms with E-state index in [0.29, 0.717) is 6.04 Å². The van der Waals surface area contributed by atoms with Crippen molar-refractivity contribution < 1.29 is 4.74 Å². The zero-order chi connectivity index (χ0) is 11.5. The van der Waals surface area contributed by atoms with E-state index in [0.717, 1.165) is 24.5 Å². The van der Waals surface area contributed by atoms with Crippen LogP contribution in [-0.2, 0) is 0 Å². The van der Waals surface area contributed by atoms with Crippen molar-refractivity contribution in [2.75, 3.05) is 12.3 Å². The van der Waals surface area contributed by atoms with Gasteiger partial charge in [0.2, 0.25) is 5.72 Å².